The molecular weight excluding hydrogens is 324 g/mol. The van der Waals surface area contributed by atoms with E-state index in [0.717, 1.165) is 33.2 Å². The Morgan fingerprint density at radius 3 is 2.69 bits per heavy atom. The van der Waals surface area contributed by atoms with Crippen LogP contribution in [0, 0.1) is 0 Å². The molecule has 4 rings (SSSR count). The molecule has 3 heterocycles. The number of aryl methyl sites for hydroxylation is 1. The van der Waals surface area contributed by atoms with Gasteiger partial charge in [0, 0.05) is 61.3 Å². The summed E-state index contributed by atoms with van der Waals surface area (Å²) in [6.07, 6.45) is 9.80. The van der Waals surface area contributed by atoms with E-state index in [2.05, 4.69) is 27.2 Å². The molecule has 26 heavy (non-hydrogen) atoms. The highest BCUT2D eigenvalue weighted by Crippen LogP contribution is 2.24. The van der Waals surface area contributed by atoms with Crippen molar-refractivity contribution in [1.29, 1.82) is 0 Å². The van der Waals surface area contributed by atoms with E-state index < -0.39 is 0 Å². The van der Waals surface area contributed by atoms with Gasteiger partial charge in [0.25, 0.3) is 0 Å². The van der Waals surface area contributed by atoms with Crippen molar-refractivity contribution in [3.05, 3.63) is 78.6 Å². The van der Waals surface area contributed by atoms with E-state index in [9.17, 15) is 4.79 Å². The monoisotopic (exact) mass is 342 g/mol. The van der Waals surface area contributed by atoms with Crippen LogP contribution < -0.4 is 0 Å². The highest BCUT2D eigenvalue weighted by atomic mass is 16.1. The maximum absolute atomic E-state index is 12.3. The van der Waals surface area contributed by atoms with Crippen molar-refractivity contribution in [2.75, 3.05) is 0 Å². The molecule has 0 aliphatic heterocycles. The van der Waals surface area contributed by atoms with Crippen LogP contribution >= 0.6 is 0 Å². The Labute approximate surface area is 151 Å². The van der Waals surface area contributed by atoms with E-state index in [1.165, 1.54) is 0 Å². The van der Waals surface area contributed by atoms with Gasteiger partial charge in [-0.3, -0.25) is 19.4 Å². The zero-order chi connectivity index (χ0) is 17.9. The van der Waals surface area contributed by atoms with E-state index in [1.807, 2.05) is 49.9 Å². The first-order valence-corrected chi connectivity index (χ1v) is 8.46. The van der Waals surface area contributed by atoms with Gasteiger partial charge in [-0.25, -0.2) is 0 Å². The van der Waals surface area contributed by atoms with Crippen molar-refractivity contribution in [1.82, 2.24) is 19.7 Å². The van der Waals surface area contributed by atoms with Crippen LogP contribution in [-0.2, 0) is 24.7 Å². The van der Waals surface area contributed by atoms with Crippen molar-refractivity contribution in [3.8, 4) is 11.1 Å². The molecule has 0 fully saturated rings. The maximum atomic E-state index is 12.3. The number of ketones is 1. The van der Waals surface area contributed by atoms with Gasteiger partial charge in [0.2, 0.25) is 0 Å². The van der Waals surface area contributed by atoms with E-state index >= 15 is 0 Å². The Bertz CT molecular complexity index is 1070. The molecule has 5 heteroatoms. The number of rotatable bonds is 5. The fraction of sp³-hybridized carbons (Fsp3) is 0.143. The van der Waals surface area contributed by atoms with E-state index in [-0.39, 0.29) is 5.78 Å². The van der Waals surface area contributed by atoms with Gasteiger partial charge in [0.15, 0.2) is 0 Å². The molecule has 0 unspecified atom stereocenters. The van der Waals surface area contributed by atoms with Crippen molar-refractivity contribution in [3.63, 3.8) is 0 Å². The molecule has 0 radical (unpaired) electrons. The molecular formula is C21H18N4O. The van der Waals surface area contributed by atoms with E-state index in [0.29, 0.717) is 12.8 Å². The maximum Gasteiger partial charge on any atom is 0.143 e. The van der Waals surface area contributed by atoms with Crippen LogP contribution in [-0.4, -0.2) is 25.5 Å². The van der Waals surface area contributed by atoms with Crippen LogP contribution in [0.25, 0.3) is 21.9 Å². The highest BCUT2D eigenvalue weighted by molar-refractivity contribution is 5.88. The number of carbonyl (C=O) groups is 1. The lowest BCUT2D eigenvalue weighted by Crippen LogP contribution is -2.08. The van der Waals surface area contributed by atoms with Crippen LogP contribution in [0.3, 0.4) is 0 Å². The lowest BCUT2D eigenvalue weighted by atomic mass is 10.0. The number of nitrogens with zero attached hydrogens (tertiary/aromatic N) is 4. The molecule has 0 aliphatic rings. The van der Waals surface area contributed by atoms with Gasteiger partial charge in [-0.15, -0.1) is 0 Å². The Kier molecular flexibility index (Phi) is 4.27. The Balaban J connectivity index is 1.57. The van der Waals surface area contributed by atoms with Crippen LogP contribution in [0.1, 0.15) is 11.3 Å². The van der Waals surface area contributed by atoms with Crippen LogP contribution in [0.15, 0.2) is 67.4 Å². The first-order chi connectivity index (χ1) is 12.7. The van der Waals surface area contributed by atoms with Gasteiger partial charge < -0.3 is 0 Å². The molecule has 1 aromatic carbocycles. The van der Waals surface area contributed by atoms with E-state index in [4.69, 9.17) is 0 Å². The van der Waals surface area contributed by atoms with Gasteiger partial charge in [0.05, 0.1) is 6.20 Å². The van der Waals surface area contributed by atoms with Gasteiger partial charge in [-0.05, 0) is 34.7 Å². The first-order valence-electron chi connectivity index (χ1n) is 8.46. The lowest BCUT2D eigenvalue weighted by Gasteiger charge is -2.05. The second-order valence-corrected chi connectivity index (χ2v) is 6.39. The minimum atomic E-state index is 0.133. The Hall–Kier alpha value is -3.34. The minimum absolute atomic E-state index is 0.133. The summed E-state index contributed by atoms with van der Waals surface area (Å²) in [5.74, 6) is 0.133. The first kappa shape index (κ1) is 16.1. The fourth-order valence-corrected chi connectivity index (χ4v) is 3.03. The number of pyridine rings is 2. The van der Waals surface area contributed by atoms with Gasteiger partial charge in [-0.1, -0.05) is 18.2 Å². The summed E-state index contributed by atoms with van der Waals surface area (Å²) in [5, 5.41) is 6.36. The largest absolute Gasteiger partial charge is 0.299 e. The topological polar surface area (TPSA) is 60.7 Å². The molecule has 0 bridgehead atoms. The normalized spacial score (nSPS) is 11.0. The van der Waals surface area contributed by atoms with Crippen molar-refractivity contribution < 1.29 is 4.79 Å². The summed E-state index contributed by atoms with van der Waals surface area (Å²) in [7, 11) is 1.90. The molecule has 0 saturated heterocycles. The van der Waals surface area contributed by atoms with Crippen molar-refractivity contribution in [2.24, 2.45) is 7.05 Å². The van der Waals surface area contributed by atoms with Gasteiger partial charge in [0.1, 0.15) is 5.78 Å². The second-order valence-electron chi connectivity index (χ2n) is 6.39. The van der Waals surface area contributed by atoms with Gasteiger partial charge >= 0.3 is 0 Å². The quantitative estimate of drug-likeness (QED) is 0.558. The fourth-order valence-electron chi connectivity index (χ4n) is 3.03. The number of Topliss-reactive ketones (excluding diaryl/α,β-unsaturated/α-hetero) is 1. The summed E-state index contributed by atoms with van der Waals surface area (Å²) in [6, 6.07) is 12.0. The molecule has 128 valence electrons. The molecule has 0 atom stereocenters. The zero-order valence-electron chi connectivity index (χ0n) is 14.5. The molecule has 0 N–H and O–H groups in total. The number of fused-ring (bicyclic) bond motifs is 1. The molecule has 4 aromatic rings. The molecule has 0 aliphatic carbocycles. The Morgan fingerprint density at radius 2 is 1.92 bits per heavy atom. The minimum Gasteiger partial charge on any atom is -0.299 e. The number of hydrogen-bond acceptors (Lipinski definition) is 4. The number of benzene rings is 1. The van der Waals surface area contributed by atoms with Crippen LogP contribution in [0.4, 0.5) is 0 Å². The number of carbonyl (C=O) groups excluding carboxylic acids is 1. The standard InChI is InChI=1S/C21H18N4O/c1-25-14-19(13-24-25)16-4-5-17-12-23-20(9-18(17)8-16)10-21(26)7-15-3-2-6-22-11-15/h2-6,8-9,11-14H,7,10H2,1H3. The lowest BCUT2D eigenvalue weighted by molar-refractivity contribution is -0.117. The third kappa shape index (κ3) is 3.52. The average Bonchev–Trinajstić information content (AvgIpc) is 3.08. The molecule has 0 saturated carbocycles. The number of aromatic nitrogens is 4. The molecule has 5 nitrogen and oxygen atoms in total. The predicted molar refractivity (Wildman–Crippen MR) is 101 cm³/mol. The summed E-state index contributed by atoms with van der Waals surface area (Å²) >= 11 is 0. The zero-order valence-corrected chi connectivity index (χ0v) is 14.5. The summed E-state index contributed by atoms with van der Waals surface area (Å²) in [6.45, 7) is 0. The Morgan fingerprint density at radius 1 is 1.00 bits per heavy atom. The van der Waals surface area contributed by atoms with E-state index in [1.54, 1.807) is 17.1 Å². The third-order valence-electron chi connectivity index (χ3n) is 4.32. The predicted octanol–water partition coefficient (Wildman–Crippen LogP) is 3.38. The second kappa shape index (κ2) is 6.88. The smallest absolute Gasteiger partial charge is 0.143 e. The third-order valence-corrected chi connectivity index (χ3v) is 4.32. The summed E-state index contributed by atoms with van der Waals surface area (Å²) < 4.78 is 1.79. The van der Waals surface area contributed by atoms with Gasteiger partial charge in [-0.2, -0.15) is 5.10 Å². The molecule has 0 spiro atoms. The van der Waals surface area contributed by atoms with Crippen molar-refractivity contribution >= 4 is 16.6 Å². The highest BCUT2D eigenvalue weighted by Gasteiger charge is 2.08. The summed E-state index contributed by atoms with van der Waals surface area (Å²) in [4.78, 5) is 20.8. The average molecular weight is 342 g/mol. The SMILES string of the molecule is Cn1cc(-c2ccc3cnc(CC(=O)Cc4cccnc4)cc3c2)cn1. The van der Waals surface area contributed by atoms with Crippen LogP contribution in [0.5, 0.6) is 0 Å². The number of hydrogen-bond donors (Lipinski definition) is 0. The van der Waals surface area contributed by atoms with Crippen molar-refractivity contribution in [2.45, 2.75) is 12.8 Å². The summed E-state index contributed by atoms with van der Waals surface area (Å²) in [5.41, 5.74) is 3.89. The van der Waals surface area contributed by atoms with Crippen LogP contribution in [0.2, 0.25) is 0 Å². The molecule has 0 amide bonds. The molecule has 3 aromatic heterocycles.